The van der Waals surface area contributed by atoms with Crippen molar-refractivity contribution in [2.45, 2.75) is 44.6 Å². The lowest BCUT2D eigenvalue weighted by Crippen LogP contribution is -2.52. The van der Waals surface area contributed by atoms with Crippen molar-refractivity contribution in [3.8, 4) is 0 Å². The first-order valence-corrected chi connectivity index (χ1v) is 6.90. The summed E-state index contributed by atoms with van der Waals surface area (Å²) >= 11 is 1.18. The van der Waals surface area contributed by atoms with Gasteiger partial charge in [0.25, 0.3) is 0 Å². The van der Waals surface area contributed by atoms with Gasteiger partial charge in [-0.2, -0.15) is 0 Å². The molecular formula is C12H18ClN3O2S. The maximum Gasteiger partial charge on any atom is 0.246 e. The van der Waals surface area contributed by atoms with E-state index in [1.54, 1.807) is 0 Å². The Morgan fingerprint density at radius 1 is 1.37 bits per heavy atom. The fourth-order valence-electron chi connectivity index (χ4n) is 2.13. The molecule has 0 atom stereocenters. The van der Waals surface area contributed by atoms with Crippen molar-refractivity contribution >= 4 is 40.6 Å². The maximum atomic E-state index is 12.1. The number of halogens is 1. The van der Waals surface area contributed by atoms with Gasteiger partial charge in [0.15, 0.2) is 10.9 Å². The van der Waals surface area contributed by atoms with E-state index < -0.39 is 5.54 Å². The lowest BCUT2D eigenvalue weighted by Gasteiger charge is -2.31. The SMILES string of the molecule is CC(=O)c1cnc(NC(=O)C2(N)CCCCC2)s1.Cl. The number of anilines is 1. The van der Waals surface area contributed by atoms with Gasteiger partial charge in [0.2, 0.25) is 5.91 Å². The van der Waals surface area contributed by atoms with Crippen LogP contribution < -0.4 is 11.1 Å². The van der Waals surface area contributed by atoms with Crippen LogP contribution in [0.25, 0.3) is 0 Å². The van der Waals surface area contributed by atoms with Crippen LogP contribution in [-0.2, 0) is 4.79 Å². The highest BCUT2D eigenvalue weighted by molar-refractivity contribution is 7.17. The molecule has 0 aliphatic heterocycles. The summed E-state index contributed by atoms with van der Waals surface area (Å²) in [5.74, 6) is -0.236. The van der Waals surface area contributed by atoms with Crippen molar-refractivity contribution in [3.63, 3.8) is 0 Å². The maximum absolute atomic E-state index is 12.1. The number of Topliss-reactive ketones (excluding diaryl/α,β-unsaturated/α-hetero) is 1. The molecule has 1 saturated carbocycles. The predicted molar refractivity (Wildman–Crippen MR) is 78.0 cm³/mol. The van der Waals surface area contributed by atoms with Crippen molar-refractivity contribution in [1.29, 1.82) is 0 Å². The molecule has 0 bridgehead atoms. The minimum Gasteiger partial charge on any atom is -0.317 e. The van der Waals surface area contributed by atoms with Crippen molar-refractivity contribution in [3.05, 3.63) is 11.1 Å². The summed E-state index contributed by atoms with van der Waals surface area (Å²) in [7, 11) is 0. The number of amides is 1. The molecule has 1 aromatic rings. The van der Waals surface area contributed by atoms with Gasteiger partial charge < -0.3 is 11.1 Å². The molecule has 0 spiro atoms. The number of carbonyl (C=O) groups is 2. The molecule has 19 heavy (non-hydrogen) atoms. The topological polar surface area (TPSA) is 85.1 Å². The van der Waals surface area contributed by atoms with E-state index in [9.17, 15) is 9.59 Å². The van der Waals surface area contributed by atoms with Gasteiger partial charge in [0.1, 0.15) is 0 Å². The number of aromatic nitrogens is 1. The summed E-state index contributed by atoms with van der Waals surface area (Å²) in [6.45, 7) is 1.48. The standard InChI is InChI=1S/C12H17N3O2S.ClH/c1-8(16)9-7-14-11(18-9)15-10(17)12(13)5-3-2-4-6-12;/h7H,2-6,13H2,1H3,(H,14,15,17);1H. The molecule has 1 aromatic heterocycles. The Labute approximate surface area is 122 Å². The molecule has 3 N–H and O–H groups in total. The quantitative estimate of drug-likeness (QED) is 0.840. The smallest absolute Gasteiger partial charge is 0.246 e. The number of nitrogens with one attached hydrogen (secondary N) is 1. The molecule has 2 rings (SSSR count). The van der Waals surface area contributed by atoms with Gasteiger partial charge in [-0.05, 0) is 12.8 Å². The third-order valence-corrected chi connectivity index (χ3v) is 4.28. The molecule has 5 nitrogen and oxygen atoms in total. The van der Waals surface area contributed by atoms with Crippen molar-refractivity contribution in [1.82, 2.24) is 4.98 Å². The lowest BCUT2D eigenvalue weighted by atomic mass is 9.82. The molecule has 1 amide bonds. The molecule has 1 aliphatic carbocycles. The summed E-state index contributed by atoms with van der Waals surface area (Å²) in [6, 6.07) is 0. The number of hydrogen-bond donors (Lipinski definition) is 2. The number of carbonyl (C=O) groups excluding carboxylic acids is 2. The van der Waals surface area contributed by atoms with Crippen molar-refractivity contribution in [2.75, 3.05) is 5.32 Å². The number of ketones is 1. The molecule has 1 heterocycles. The van der Waals surface area contributed by atoms with Gasteiger partial charge in [-0.25, -0.2) is 4.98 Å². The Morgan fingerprint density at radius 3 is 2.53 bits per heavy atom. The Kier molecular flexibility index (Phi) is 5.46. The van der Waals surface area contributed by atoms with E-state index >= 15 is 0 Å². The van der Waals surface area contributed by atoms with Crippen LogP contribution in [0.1, 0.15) is 48.7 Å². The first-order chi connectivity index (χ1) is 8.51. The first-order valence-electron chi connectivity index (χ1n) is 6.08. The minimum absolute atomic E-state index is 0. The lowest BCUT2D eigenvalue weighted by molar-refractivity contribution is -0.122. The normalized spacial score (nSPS) is 17.4. The van der Waals surface area contributed by atoms with Gasteiger partial charge in [0.05, 0.1) is 16.6 Å². The van der Waals surface area contributed by atoms with E-state index in [2.05, 4.69) is 10.3 Å². The molecule has 106 valence electrons. The summed E-state index contributed by atoms with van der Waals surface area (Å²) in [4.78, 5) is 27.8. The van der Waals surface area contributed by atoms with Crippen molar-refractivity contribution in [2.24, 2.45) is 5.73 Å². The molecule has 0 unspecified atom stereocenters. The third-order valence-electron chi connectivity index (χ3n) is 3.27. The van der Waals surface area contributed by atoms with E-state index in [4.69, 9.17) is 5.73 Å². The van der Waals surface area contributed by atoms with Crippen molar-refractivity contribution < 1.29 is 9.59 Å². The zero-order valence-corrected chi connectivity index (χ0v) is 12.4. The number of thiazole rings is 1. The Hall–Kier alpha value is -0.980. The zero-order valence-electron chi connectivity index (χ0n) is 10.8. The second kappa shape index (κ2) is 6.45. The molecule has 7 heteroatoms. The van der Waals surface area contributed by atoms with E-state index in [1.807, 2.05) is 0 Å². The van der Waals surface area contributed by atoms with Crippen LogP contribution in [0.3, 0.4) is 0 Å². The fraction of sp³-hybridized carbons (Fsp3) is 0.583. The van der Waals surface area contributed by atoms with E-state index in [1.165, 1.54) is 24.5 Å². The second-order valence-corrected chi connectivity index (χ2v) is 5.79. The highest BCUT2D eigenvalue weighted by Gasteiger charge is 2.35. The minimum atomic E-state index is -0.777. The van der Waals surface area contributed by atoms with Gasteiger partial charge in [-0.15, -0.1) is 12.4 Å². The van der Waals surface area contributed by atoms with Crippen LogP contribution in [0.4, 0.5) is 5.13 Å². The number of nitrogens with zero attached hydrogens (tertiary/aromatic N) is 1. The van der Waals surface area contributed by atoms with E-state index in [-0.39, 0.29) is 24.1 Å². The number of hydrogen-bond acceptors (Lipinski definition) is 5. The van der Waals surface area contributed by atoms with Crippen LogP contribution >= 0.6 is 23.7 Å². The molecule has 1 fully saturated rings. The summed E-state index contributed by atoms with van der Waals surface area (Å²) in [6.07, 6.45) is 6.01. The van der Waals surface area contributed by atoms with Gasteiger partial charge in [0, 0.05) is 6.92 Å². The zero-order chi connectivity index (χ0) is 13.2. The average molecular weight is 304 g/mol. The molecule has 0 radical (unpaired) electrons. The van der Waals surface area contributed by atoms with Crippen LogP contribution in [0, 0.1) is 0 Å². The highest BCUT2D eigenvalue weighted by atomic mass is 35.5. The van der Waals surface area contributed by atoms with Gasteiger partial charge in [-0.3, -0.25) is 9.59 Å². The largest absolute Gasteiger partial charge is 0.317 e. The number of rotatable bonds is 3. The van der Waals surface area contributed by atoms with Crippen LogP contribution in [0.2, 0.25) is 0 Å². The number of nitrogens with two attached hydrogens (primary N) is 1. The Bertz CT molecular complexity index is 469. The van der Waals surface area contributed by atoms with Gasteiger partial charge in [-0.1, -0.05) is 30.6 Å². The Morgan fingerprint density at radius 2 is 2.00 bits per heavy atom. The average Bonchev–Trinajstić information content (AvgIpc) is 2.78. The summed E-state index contributed by atoms with van der Waals surface area (Å²) in [5.41, 5.74) is 5.34. The van der Waals surface area contributed by atoms with E-state index in [0.29, 0.717) is 22.9 Å². The molecule has 0 aromatic carbocycles. The molecular weight excluding hydrogens is 286 g/mol. The van der Waals surface area contributed by atoms with Crippen LogP contribution in [0.5, 0.6) is 0 Å². The highest BCUT2D eigenvalue weighted by Crippen LogP contribution is 2.28. The summed E-state index contributed by atoms with van der Waals surface area (Å²) in [5, 5.41) is 3.16. The third kappa shape index (κ3) is 3.75. The van der Waals surface area contributed by atoms with Crippen LogP contribution in [0.15, 0.2) is 6.20 Å². The molecule has 1 aliphatic rings. The first kappa shape index (κ1) is 16.1. The van der Waals surface area contributed by atoms with E-state index in [0.717, 1.165) is 19.3 Å². The predicted octanol–water partition coefficient (Wildman–Crippen LogP) is 2.37. The monoisotopic (exact) mass is 303 g/mol. The molecule has 0 saturated heterocycles. The summed E-state index contributed by atoms with van der Waals surface area (Å²) < 4.78 is 0. The Balaban J connectivity index is 0.00000180. The van der Waals surface area contributed by atoms with Crippen LogP contribution in [-0.4, -0.2) is 22.2 Å². The second-order valence-electron chi connectivity index (χ2n) is 4.76. The fourth-order valence-corrected chi connectivity index (χ4v) is 2.83. The van der Waals surface area contributed by atoms with Gasteiger partial charge >= 0.3 is 0 Å².